The van der Waals surface area contributed by atoms with Crippen LogP contribution in [0, 0.1) is 0 Å². The fraction of sp³-hybridized carbons (Fsp3) is 0.577. The zero-order chi connectivity index (χ0) is 24.2. The van der Waals surface area contributed by atoms with E-state index in [1.54, 1.807) is 33.8 Å². The number of unbranched alkanes of at least 4 members (excludes halogenated alkanes) is 3. The second-order valence-corrected chi connectivity index (χ2v) is 9.76. The van der Waals surface area contributed by atoms with Crippen LogP contribution in [0.25, 0.3) is 11.0 Å². The predicted molar refractivity (Wildman–Crippen MR) is 127 cm³/mol. The maximum atomic E-state index is 12.7. The molecule has 1 heterocycles. The number of nitrogens with one attached hydrogen (secondary N) is 1. The molecule has 1 N–H and O–H groups in total. The first-order chi connectivity index (χ1) is 15.6. The van der Waals surface area contributed by atoms with Crippen LogP contribution in [-0.2, 0) is 28.8 Å². The lowest BCUT2D eigenvalue weighted by Gasteiger charge is -2.21. The smallest absolute Gasteiger partial charge is 0.408 e. The van der Waals surface area contributed by atoms with Crippen LogP contribution in [0.3, 0.4) is 0 Å². The van der Waals surface area contributed by atoms with Gasteiger partial charge >= 0.3 is 17.7 Å². The lowest BCUT2D eigenvalue weighted by atomic mass is 10.00. The summed E-state index contributed by atoms with van der Waals surface area (Å²) < 4.78 is 16.5. The van der Waals surface area contributed by atoms with E-state index in [1.165, 1.54) is 0 Å². The molecule has 0 radical (unpaired) electrons. The average molecular weight is 458 g/mol. The highest BCUT2D eigenvalue weighted by Gasteiger charge is 2.25. The molecule has 0 bridgehead atoms. The fourth-order valence-electron chi connectivity index (χ4n) is 4.13. The molecule has 0 spiro atoms. The summed E-state index contributed by atoms with van der Waals surface area (Å²) in [7, 11) is 0. The van der Waals surface area contributed by atoms with Crippen molar-refractivity contribution < 1.29 is 23.5 Å². The Kier molecular flexibility index (Phi) is 7.82. The van der Waals surface area contributed by atoms with Crippen molar-refractivity contribution in [3.8, 4) is 5.75 Å². The van der Waals surface area contributed by atoms with Gasteiger partial charge in [0.1, 0.15) is 23.0 Å². The zero-order valence-corrected chi connectivity index (χ0v) is 20.3. The van der Waals surface area contributed by atoms with E-state index in [0.29, 0.717) is 11.3 Å². The van der Waals surface area contributed by atoms with E-state index < -0.39 is 23.7 Å². The van der Waals surface area contributed by atoms with E-state index in [9.17, 15) is 14.4 Å². The van der Waals surface area contributed by atoms with Crippen molar-refractivity contribution in [3.63, 3.8) is 0 Å². The fourth-order valence-corrected chi connectivity index (χ4v) is 4.13. The molecule has 1 aromatic heterocycles. The van der Waals surface area contributed by atoms with Gasteiger partial charge < -0.3 is 19.2 Å². The standard InChI is InChI=1S/C26H35NO6/c1-6-7-8-9-11-17-14-20-18-12-10-13-19(18)24(29)32-22(20)15-21(17)31-23(28)16(2)27-25(30)33-26(3,4)5/h14-16H,6-13H2,1-5H3,(H,27,30)/t16-/m1/s1. The number of amides is 1. The molecule has 0 saturated carbocycles. The van der Waals surface area contributed by atoms with E-state index >= 15 is 0 Å². The number of aryl methyl sites for hydroxylation is 2. The molecule has 1 aliphatic rings. The highest BCUT2D eigenvalue weighted by Crippen LogP contribution is 2.33. The van der Waals surface area contributed by atoms with Gasteiger partial charge in [0, 0.05) is 17.0 Å². The summed E-state index contributed by atoms with van der Waals surface area (Å²) in [5.41, 5.74) is 2.15. The second-order valence-electron chi connectivity index (χ2n) is 9.76. The highest BCUT2D eigenvalue weighted by molar-refractivity contribution is 5.87. The molecule has 180 valence electrons. The quantitative estimate of drug-likeness (QED) is 0.253. The molecule has 1 aromatic carbocycles. The Morgan fingerprint density at radius 1 is 1.12 bits per heavy atom. The minimum absolute atomic E-state index is 0.317. The van der Waals surface area contributed by atoms with Crippen LogP contribution in [0.5, 0.6) is 5.75 Å². The molecule has 1 amide bonds. The molecule has 33 heavy (non-hydrogen) atoms. The lowest BCUT2D eigenvalue weighted by Crippen LogP contribution is -2.43. The van der Waals surface area contributed by atoms with Crippen LogP contribution in [0.15, 0.2) is 21.3 Å². The van der Waals surface area contributed by atoms with Gasteiger partial charge in [-0.3, -0.25) is 0 Å². The third kappa shape index (κ3) is 6.36. The van der Waals surface area contributed by atoms with Crippen LogP contribution in [0.1, 0.15) is 83.4 Å². The molecule has 7 nitrogen and oxygen atoms in total. The molecule has 0 aliphatic heterocycles. The predicted octanol–water partition coefficient (Wildman–Crippen LogP) is 5.22. The SMILES string of the molecule is CCCCCCc1cc2c3c(c(=O)oc2cc1OC(=O)[C@@H](C)NC(=O)OC(C)(C)C)CCC3. The zero-order valence-electron chi connectivity index (χ0n) is 20.3. The molecule has 0 unspecified atom stereocenters. The lowest BCUT2D eigenvalue weighted by molar-refractivity contribution is -0.136. The van der Waals surface area contributed by atoms with E-state index in [1.807, 2.05) is 6.07 Å². The van der Waals surface area contributed by atoms with Crippen LogP contribution >= 0.6 is 0 Å². The van der Waals surface area contributed by atoms with Crippen molar-refractivity contribution in [3.05, 3.63) is 39.2 Å². The molecule has 1 atom stereocenters. The van der Waals surface area contributed by atoms with E-state index in [0.717, 1.165) is 73.4 Å². The number of hydrogen-bond acceptors (Lipinski definition) is 6. The van der Waals surface area contributed by atoms with Crippen LogP contribution in [0.4, 0.5) is 4.79 Å². The molecule has 1 aliphatic carbocycles. The molecular formula is C26H35NO6. The summed E-state index contributed by atoms with van der Waals surface area (Å²) in [4.78, 5) is 37.2. The summed E-state index contributed by atoms with van der Waals surface area (Å²) in [5, 5.41) is 3.43. The van der Waals surface area contributed by atoms with E-state index in [2.05, 4.69) is 12.2 Å². The van der Waals surface area contributed by atoms with Crippen molar-refractivity contribution in [1.29, 1.82) is 0 Å². The number of alkyl carbamates (subject to hydrolysis) is 1. The van der Waals surface area contributed by atoms with E-state index in [-0.39, 0.29) is 5.63 Å². The maximum Gasteiger partial charge on any atom is 0.408 e. The number of hydrogen-bond donors (Lipinski definition) is 1. The Labute approximate surface area is 194 Å². The molecule has 0 saturated heterocycles. The van der Waals surface area contributed by atoms with Crippen LogP contribution in [0.2, 0.25) is 0 Å². The minimum Gasteiger partial charge on any atom is -0.444 e. The van der Waals surface area contributed by atoms with Crippen molar-refractivity contribution >= 4 is 23.0 Å². The Bertz CT molecular complexity index is 1080. The van der Waals surface area contributed by atoms with Crippen molar-refractivity contribution in [2.75, 3.05) is 0 Å². The monoisotopic (exact) mass is 457 g/mol. The molecule has 3 rings (SSSR count). The first-order valence-electron chi connectivity index (χ1n) is 11.9. The van der Waals surface area contributed by atoms with Gasteiger partial charge in [0.05, 0.1) is 0 Å². The average Bonchev–Trinajstić information content (AvgIpc) is 3.21. The third-order valence-electron chi connectivity index (χ3n) is 5.75. The van der Waals surface area contributed by atoms with Gasteiger partial charge in [0.15, 0.2) is 0 Å². The summed E-state index contributed by atoms with van der Waals surface area (Å²) in [6, 6.07) is 2.74. The number of fused-ring (bicyclic) bond motifs is 3. The Morgan fingerprint density at radius 3 is 2.55 bits per heavy atom. The summed E-state index contributed by atoms with van der Waals surface area (Å²) >= 11 is 0. The number of carbonyl (C=O) groups excluding carboxylic acids is 2. The topological polar surface area (TPSA) is 94.8 Å². The van der Waals surface area contributed by atoms with Crippen molar-refractivity contribution in [1.82, 2.24) is 5.32 Å². The largest absolute Gasteiger partial charge is 0.444 e. The number of benzene rings is 1. The minimum atomic E-state index is -0.907. The van der Waals surface area contributed by atoms with Gasteiger partial charge in [-0.25, -0.2) is 14.4 Å². The van der Waals surface area contributed by atoms with Gasteiger partial charge in [-0.2, -0.15) is 0 Å². The van der Waals surface area contributed by atoms with Crippen LogP contribution < -0.4 is 15.7 Å². The number of carbonyl (C=O) groups is 2. The van der Waals surface area contributed by atoms with Gasteiger partial charge in [-0.05, 0) is 77.0 Å². The Balaban J connectivity index is 1.86. The first-order valence-corrected chi connectivity index (χ1v) is 11.9. The summed E-state index contributed by atoms with van der Waals surface area (Å²) in [6.07, 6.45) is 6.92. The highest BCUT2D eigenvalue weighted by atomic mass is 16.6. The van der Waals surface area contributed by atoms with Crippen molar-refractivity contribution in [2.45, 2.75) is 97.6 Å². The second kappa shape index (κ2) is 10.4. The number of ether oxygens (including phenoxy) is 2. The van der Waals surface area contributed by atoms with Gasteiger partial charge in [0.25, 0.3) is 0 Å². The van der Waals surface area contributed by atoms with Gasteiger partial charge in [0.2, 0.25) is 0 Å². The van der Waals surface area contributed by atoms with Gasteiger partial charge in [-0.1, -0.05) is 26.2 Å². The molecule has 7 heteroatoms. The number of esters is 1. The molecular weight excluding hydrogens is 422 g/mol. The maximum absolute atomic E-state index is 12.7. The Morgan fingerprint density at radius 2 is 1.85 bits per heavy atom. The summed E-state index contributed by atoms with van der Waals surface area (Å²) in [6.45, 7) is 8.95. The van der Waals surface area contributed by atoms with Gasteiger partial charge in [-0.15, -0.1) is 0 Å². The normalized spacial score (nSPS) is 14.1. The molecule has 2 aromatic rings. The summed E-state index contributed by atoms with van der Waals surface area (Å²) in [5.74, 6) is -0.249. The van der Waals surface area contributed by atoms with E-state index in [4.69, 9.17) is 13.9 Å². The van der Waals surface area contributed by atoms with Crippen molar-refractivity contribution in [2.24, 2.45) is 0 Å². The first kappa shape index (κ1) is 24.8. The molecule has 0 fully saturated rings. The number of rotatable bonds is 8. The Hall–Kier alpha value is -2.83. The third-order valence-corrected chi connectivity index (χ3v) is 5.75. The van der Waals surface area contributed by atoms with Crippen LogP contribution in [-0.4, -0.2) is 23.7 Å².